The summed E-state index contributed by atoms with van der Waals surface area (Å²) in [7, 11) is 0. The molecule has 0 spiro atoms. The molecular weight excluding hydrogens is 276 g/mol. The molecule has 1 aromatic rings. The first-order valence-corrected chi connectivity index (χ1v) is 8.16. The zero-order valence-corrected chi connectivity index (χ0v) is 13.5. The molecule has 0 saturated heterocycles. The van der Waals surface area contributed by atoms with Gasteiger partial charge >= 0.3 is 0 Å². The van der Waals surface area contributed by atoms with Crippen LogP contribution in [0.5, 0.6) is 0 Å². The van der Waals surface area contributed by atoms with E-state index in [1.807, 2.05) is 30.3 Å². The van der Waals surface area contributed by atoms with Crippen LogP contribution in [0.4, 0.5) is 0 Å². The summed E-state index contributed by atoms with van der Waals surface area (Å²) in [5.41, 5.74) is 0.963. The molecule has 4 nitrogen and oxygen atoms in total. The van der Waals surface area contributed by atoms with Crippen LogP contribution in [0.3, 0.4) is 0 Å². The van der Waals surface area contributed by atoms with Crippen molar-refractivity contribution < 1.29 is 9.59 Å². The number of benzene rings is 1. The van der Waals surface area contributed by atoms with Crippen LogP contribution in [0.25, 0.3) is 0 Å². The summed E-state index contributed by atoms with van der Waals surface area (Å²) in [4.78, 5) is 23.7. The van der Waals surface area contributed by atoms with Crippen molar-refractivity contribution in [2.24, 2.45) is 5.92 Å². The van der Waals surface area contributed by atoms with Crippen molar-refractivity contribution >= 4 is 11.8 Å². The normalized spacial score (nSPS) is 22.6. The van der Waals surface area contributed by atoms with Gasteiger partial charge in [0.15, 0.2) is 0 Å². The first-order valence-electron chi connectivity index (χ1n) is 8.16. The highest BCUT2D eigenvalue weighted by atomic mass is 16.2. The summed E-state index contributed by atoms with van der Waals surface area (Å²) < 4.78 is 0. The topological polar surface area (TPSA) is 58.2 Å². The Kier molecular flexibility index (Phi) is 5.99. The summed E-state index contributed by atoms with van der Waals surface area (Å²) in [6.45, 7) is 3.75. The lowest BCUT2D eigenvalue weighted by Gasteiger charge is -2.27. The smallest absolute Gasteiger partial charge is 0.222 e. The number of rotatable bonds is 5. The van der Waals surface area contributed by atoms with Crippen LogP contribution in [0.1, 0.15) is 57.6 Å². The van der Waals surface area contributed by atoms with Crippen LogP contribution in [-0.2, 0) is 9.59 Å². The van der Waals surface area contributed by atoms with Crippen molar-refractivity contribution in [1.82, 2.24) is 10.6 Å². The molecular formula is C18H26N2O2. The SMILES string of the molecule is CC(=O)N[C@@H](CC(=O)NC1CCC(C)CC1)c1ccccc1. The Morgan fingerprint density at radius 3 is 2.36 bits per heavy atom. The van der Waals surface area contributed by atoms with Gasteiger partial charge in [-0.2, -0.15) is 0 Å². The van der Waals surface area contributed by atoms with Crippen molar-refractivity contribution in [3.05, 3.63) is 35.9 Å². The van der Waals surface area contributed by atoms with E-state index in [0.29, 0.717) is 0 Å². The average Bonchev–Trinajstić information content (AvgIpc) is 2.49. The first kappa shape index (κ1) is 16.5. The minimum absolute atomic E-state index is 0.0159. The second-order valence-corrected chi connectivity index (χ2v) is 6.39. The summed E-state index contributed by atoms with van der Waals surface area (Å²) >= 11 is 0. The Balaban J connectivity index is 1.92. The first-order chi connectivity index (χ1) is 10.5. The molecule has 1 atom stereocenters. The van der Waals surface area contributed by atoms with E-state index in [1.54, 1.807) is 0 Å². The molecule has 1 aliphatic rings. The van der Waals surface area contributed by atoms with E-state index in [2.05, 4.69) is 17.6 Å². The van der Waals surface area contributed by atoms with E-state index >= 15 is 0 Å². The highest BCUT2D eigenvalue weighted by Crippen LogP contribution is 2.24. The maximum Gasteiger partial charge on any atom is 0.222 e. The van der Waals surface area contributed by atoms with Crippen LogP contribution in [0, 0.1) is 5.92 Å². The lowest BCUT2D eigenvalue weighted by atomic mass is 9.87. The Labute approximate surface area is 132 Å². The Morgan fingerprint density at radius 1 is 1.14 bits per heavy atom. The number of amides is 2. The van der Waals surface area contributed by atoms with Gasteiger partial charge in [-0.3, -0.25) is 9.59 Å². The van der Waals surface area contributed by atoms with E-state index in [0.717, 1.165) is 24.3 Å². The van der Waals surface area contributed by atoms with Gasteiger partial charge in [-0.1, -0.05) is 37.3 Å². The van der Waals surface area contributed by atoms with Gasteiger partial charge in [-0.15, -0.1) is 0 Å². The van der Waals surface area contributed by atoms with Crippen LogP contribution in [0.2, 0.25) is 0 Å². The summed E-state index contributed by atoms with van der Waals surface area (Å²) in [6.07, 6.45) is 4.76. The third-order valence-electron chi connectivity index (χ3n) is 4.35. The van der Waals surface area contributed by atoms with Crippen LogP contribution >= 0.6 is 0 Å². The van der Waals surface area contributed by atoms with Gasteiger partial charge in [-0.05, 0) is 37.2 Å². The highest BCUT2D eigenvalue weighted by Gasteiger charge is 2.22. The molecule has 2 N–H and O–H groups in total. The van der Waals surface area contributed by atoms with Gasteiger partial charge in [0.25, 0.3) is 0 Å². The molecule has 0 unspecified atom stereocenters. The average molecular weight is 302 g/mol. The Bertz CT molecular complexity index is 493. The molecule has 2 amide bonds. The fraction of sp³-hybridized carbons (Fsp3) is 0.556. The molecule has 0 bridgehead atoms. The molecule has 1 fully saturated rings. The van der Waals surface area contributed by atoms with Crippen molar-refractivity contribution in [1.29, 1.82) is 0 Å². The fourth-order valence-electron chi connectivity index (χ4n) is 3.06. The zero-order valence-electron chi connectivity index (χ0n) is 13.5. The molecule has 22 heavy (non-hydrogen) atoms. The summed E-state index contributed by atoms with van der Waals surface area (Å²) in [6, 6.07) is 9.68. The summed E-state index contributed by atoms with van der Waals surface area (Å²) in [5, 5.41) is 5.99. The van der Waals surface area contributed by atoms with Gasteiger partial charge in [0.05, 0.1) is 12.5 Å². The molecule has 0 aliphatic heterocycles. The van der Waals surface area contributed by atoms with E-state index in [9.17, 15) is 9.59 Å². The van der Waals surface area contributed by atoms with Crippen LogP contribution in [-0.4, -0.2) is 17.9 Å². The minimum Gasteiger partial charge on any atom is -0.353 e. The molecule has 2 rings (SSSR count). The molecule has 0 heterocycles. The predicted molar refractivity (Wildman–Crippen MR) is 87.2 cm³/mol. The molecule has 1 saturated carbocycles. The van der Waals surface area contributed by atoms with Crippen LogP contribution < -0.4 is 10.6 Å². The van der Waals surface area contributed by atoms with Crippen LogP contribution in [0.15, 0.2) is 30.3 Å². The second-order valence-electron chi connectivity index (χ2n) is 6.39. The van der Waals surface area contributed by atoms with Crippen molar-refractivity contribution in [2.45, 2.75) is 58.0 Å². The predicted octanol–water partition coefficient (Wildman–Crippen LogP) is 2.95. The van der Waals surface area contributed by atoms with Gasteiger partial charge in [0.1, 0.15) is 0 Å². The van der Waals surface area contributed by atoms with E-state index in [1.165, 1.54) is 19.8 Å². The molecule has 1 aliphatic carbocycles. The number of carbonyl (C=O) groups excluding carboxylic acids is 2. The summed E-state index contributed by atoms with van der Waals surface area (Å²) in [5.74, 6) is 0.667. The van der Waals surface area contributed by atoms with Gasteiger partial charge in [0.2, 0.25) is 11.8 Å². The number of hydrogen-bond acceptors (Lipinski definition) is 2. The van der Waals surface area contributed by atoms with Crippen molar-refractivity contribution in [3.63, 3.8) is 0 Å². The van der Waals surface area contributed by atoms with Gasteiger partial charge in [-0.25, -0.2) is 0 Å². The van der Waals surface area contributed by atoms with Gasteiger partial charge < -0.3 is 10.6 Å². The second kappa shape index (κ2) is 7.97. The standard InChI is InChI=1S/C18H26N2O2/c1-13-8-10-16(11-9-13)20-18(22)12-17(19-14(2)21)15-6-4-3-5-7-15/h3-7,13,16-17H,8-12H2,1-2H3,(H,19,21)(H,20,22)/t13?,16?,17-/m0/s1. The maximum atomic E-state index is 12.3. The monoisotopic (exact) mass is 302 g/mol. The molecule has 120 valence electrons. The lowest BCUT2D eigenvalue weighted by Crippen LogP contribution is -2.39. The molecule has 0 aromatic heterocycles. The highest BCUT2D eigenvalue weighted by molar-refractivity contribution is 5.79. The van der Waals surface area contributed by atoms with Gasteiger partial charge in [0, 0.05) is 13.0 Å². The van der Waals surface area contributed by atoms with Crippen molar-refractivity contribution in [2.75, 3.05) is 0 Å². The minimum atomic E-state index is -0.263. The molecule has 0 radical (unpaired) electrons. The molecule has 4 heteroatoms. The Hall–Kier alpha value is -1.84. The lowest BCUT2D eigenvalue weighted by molar-refractivity contribution is -0.123. The fourth-order valence-corrected chi connectivity index (χ4v) is 3.06. The largest absolute Gasteiger partial charge is 0.353 e. The molecule has 1 aromatic carbocycles. The number of hydrogen-bond donors (Lipinski definition) is 2. The maximum absolute atomic E-state index is 12.3. The van der Waals surface area contributed by atoms with E-state index < -0.39 is 0 Å². The van der Waals surface area contributed by atoms with Crippen molar-refractivity contribution in [3.8, 4) is 0 Å². The van der Waals surface area contributed by atoms with E-state index in [-0.39, 0.29) is 30.3 Å². The quantitative estimate of drug-likeness (QED) is 0.878. The number of nitrogens with one attached hydrogen (secondary N) is 2. The third kappa shape index (κ3) is 5.17. The Morgan fingerprint density at radius 2 is 1.77 bits per heavy atom. The van der Waals surface area contributed by atoms with E-state index in [4.69, 9.17) is 0 Å². The third-order valence-corrected chi connectivity index (χ3v) is 4.35. The number of carbonyl (C=O) groups is 2. The zero-order chi connectivity index (χ0) is 15.9.